The molecule has 0 atom stereocenters. The molecule has 2 heterocycles. The molecule has 0 aliphatic carbocycles. The van der Waals surface area contributed by atoms with Gasteiger partial charge < -0.3 is 16.6 Å². The van der Waals surface area contributed by atoms with E-state index in [1.807, 2.05) is 0 Å². The van der Waals surface area contributed by atoms with Gasteiger partial charge in [-0.1, -0.05) is 0 Å². The lowest BCUT2D eigenvalue weighted by molar-refractivity contribution is 0.100. The molecule has 1 amide bonds. The number of aromatic hydroxyl groups is 1. The molecule has 1 aromatic carbocycles. The Morgan fingerprint density at radius 1 is 1.14 bits per heavy atom. The number of carbonyl (C=O) groups excluding carboxylic acids is 1. The molecular formula is C14H11N5O2. The SMILES string of the molecule is NC(=O)c1cc2nccnc2c(-c2cncc(O)c2)c1N. The number of nitrogen functional groups attached to an aromatic ring is 1. The first-order chi connectivity index (χ1) is 10.1. The zero-order valence-electron chi connectivity index (χ0n) is 10.8. The Morgan fingerprint density at radius 3 is 2.62 bits per heavy atom. The largest absolute Gasteiger partial charge is 0.506 e. The molecule has 0 aliphatic rings. The molecule has 0 saturated heterocycles. The van der Waals surface area contributed by atoms with Crippen molar-refractivity contribution in [2.45, 2.75) is 0 Å². The van der Waals surface area contributed by atoms with Crippen molar-refractivity contribution in [3.8, 4) is 16.9 Å². The minimum atomic E-state index is -0.658. The lowest BCUT2D eigenvalue weighted by Crippen LogP contribution is -2.14. The molecule has 0 unspecified atom stereocenters. The Morgan fingerprint density at radius 2 is 1.90 bits per heavy atom. The lowest BCUT2D eigenvalue weighted by atomic mass is 9.98. The second-order valence-corrected chi connectivity index (χ2v) is 4.43. The highest BCUT2D eigenvalue weighted by Crippen LogP contribution is 2.35. The summed E-state index contributed by atoms with van der Waals surface area (Å²) in [5, 5.41) is 9.58. The van der Waals surface area contributed by atoms with Crippen molar-refractivity contribution in [3.05, 3.63) is 42.5 Å². The molecule has 0 radical (unpaired) electrons. The van der Waals surface area contributed by atoms with E-state index in [1.54, 1.807) is 0 Å². The van der Waals surface area contributed by atoms with Crippen molar-refractivity contribution in [2.24, 2.45) is 5.73 Å². The van der Waals surface area contributed by atoms with Gasteiger partial charge in [0, 0.05) is 29.7 Å². The molecular weight excluding hydrogens is 270 g/mol. The van der Waals surface area contributed by atoms with Crippen LogP contribution in [-0.4, -0.2) is 26.0 Å². The normalized spacial score (nSPS) is 10.7. The highest BCUT2D eigenvalue weighted by atomic mass is 16.3. The van der Waals surface area contributed by atoms with Gasteiger partial charge in [0.2, 0.25) is 0 Å². The van der Waals surface area contributed by atoms with Gasteiger partial charge in [0.25, 0.3) is 5.91 Å². The second kappa shape index (κ2) is 4.71. The second-order valence-electron chi connectivity index (χ2n) is 4.43. The molecule has 0 aliphatic heterocycles. The molecule has 104 valence electrons. The molecule has 21 heavy (non-hydrogen) atoms. The number of rotatable bonds is 2. The standard InChI is InChI=1S/C14H11N5O2/c15-12-9(14(16)21)4-10-13(19-2-1-18-10)11(12)7-3-8(20)6-17-5-7/h1-6,20H,15H2,(H2,16,21). The third kappa shape index (κ3) is 2.10. The highest BCUT2D eigenvalue weighted by Gasteiger charge is 2.17. The molecule has 3 aromatic rings. The lowest BCUT2D eigenvalue weighted by Gasteiger charge is -2.12. The monoisotopic (exact) mass is 281 g/mol. The van der Waals surface area contributed by atoms with E-state index >= 15 is 0 Å². The summed E-state index contributed by atoms with van der Waals surface area (Å²) < 4.78 is 0. The molecule has 0 spiro atoms. The zero-order chi connectivity index (χ0) is 15.0. The smallest absolute Gasteiger partial charge is 0.250 e. The van der Waals surface area contributed by atoms with Crippen LogP contribution in [0.15, 0.2) is 36.9 Å². The van der Waals surface area contributed by atoms with Crippen molar-refractivity contribution < 1.29 is 9.90 Å². The number of benzene rings is 1. The zero-order valence-corrected chi connectivity index (χ0v) is 10.8. The van der Waals surface area contributed by atoms with E-state index in [2.05, 4.69) is 15.0 Å². The van der Waals surface area contributed by atoms with E-state index in [9.17, 15) is 9.90 Å². The van der Waals surface area contributed by atoms with Crippen LogP contribution in [0.5, 0.6) is 5.75 Å². The van der Waals surface area contributed by atoms with Crippen LogP contribution in [0.2, 0.25) is 0 Å². The summed E-state index contributed by atoms with van der Waals surface area (Å²) in [5.74, 6) is -0.678. The Hall–Kier alpha value is -3.22. The molecule has 0 fully saturated rings. The molecule has 0 bridgehead atoms. The predicted octanol–water partition coefficient (Wildman–Crippen LogP) is 1.08. The van der Waals surface area contributed by atoms with Crippen molar-refractivity contribution in [2.75, 3.05) is 5.73 Å². The average molecular weight is 281 g/mol. The number of hydrogen-bond donors (Lipinski definition) is 3. The van der Waals surface area contributed by atoms with E-state index in [4.69, 9.17) is 11.5 Å². The van der Waals surface area contributed by atoms with Crippen LogP contribution in [0.4, 0.5) is 5.69 Å². The fourth-order valence-corrected chi connectivity index (χ4v) is 2.18. The maximum absolute atomic E-state index is 11.5. The quantitative estimate of drug-likeness (QED) is 0.603. The Labute approximate surface area is 119 Å². The Kier molecular flexibility index (Phi) is 2.87. The van der Waals surface area contributed by atoms with Crippen LogP contribution in [0.1, 0.15) is 10.4 Å². The molecule has 5 N–H and O–H groups in total. The van der Waals surface area contributed by atoms with Crippen molar-refractivity contribution in [1.82, 2.24) is 15.0 Å². The number of pyridine rings is 1. The maximum atomic E-state index is 11.5. The van der Waals surface area contributed by atoms with E-state index in [-0.39, 0.29) is 17.0 Å². The van der Waals surface area contributed by atoms with Crippen LogP contribution >= 0.6 is 0 Å². The van der Waals surface area contributed by atoms with Crippen molar-refractivity contribution in [1.29, 1.82) is 0 Å². The summed E-state index contributed by atoms with van der Waals surface area (Å²) in [6.07, 6.45) is 5.84. The van der Waals surface area contributed by atoms with E-state index in [0.717, 1.165) is 0 Å². The van der Waals surface area contributed by atoms with E-state index in [0.29, 0.717) is 22.2 Å². The summed E-state index contributed by atoms with van der Waals surface area (Å²) in [4.78, 5) is 23.9. The number of hydrogen-bond acceptors (Lipinski definition) is 6. The fourth-order valence-electron chi connectivity index (χ4n) is 2.18. The summed E-state index contributed by atoms with van der Waals surface area (Å²) in [6, 6.07) is 2.98. The maximum Gasteiger partial charge on any atom is 0.250 e. The van der Waals surface area contributed by atoms with Gasteiger partial charge >= 0.3 is 0 Å². The van der Waals surface area contributed by atoms with Gasteiger partial charge in [-0.15, -0.1) is 0 Å². The number of anilines is 1. The van der Waals surface area contributed by atoms with Crippen LogP contribution in [-0.2, 0) is 0 Å². The third-order valence-corrected chi connectivity index (χ3v) is 3.08. The van der Waals surface area contributed by atoms with Crippen LogP contribution in [0.25, 0.3) is 22.2 Å². The number of nitrogens with zero attached hydrogens (tertiary/aromatic N) is 3. The summed E-state index contributed by atoms with van der Waals surface area (Å²) in [7, 11) is 0. The minimum absolute atomic E-state index is 0.0200. The summed E-state index contributed by atoms with van der Waals surface area (Å²) in [5.41, 5.74) is 13.7. The molecule has 7 heteroatoms. The predicted molar refractivity (Wildman–Crippen MR) is 77.4 cm³/mol. The van der Waals surface area contributed by atoms with Crippen molar-refractivity contribution >= 4 is 22.6 Å². The fraction of sp³-hybridized carbons (Fsp3) is 0. The average Bonchev–Trinajstić information content (AvgIpc) is 2.46. The Bertz CT molecular complexity index is 863. The van der Waals surface area contributed by atoms with Gasteiger partial charge in [0.1, 0.15) is 5.75 Å². The summed E-state index contributed by atoms with van der Waals surface area (Å²) >= 11 is 0. The van der Waals surface area contributed by atoms with Gasteiger partial charge in [0.15, 0.2) is 0 Å². The first-order valence-corrected chi connectivity index (χ1v) is 6.05. The first-order valence-electron chi connectivity index (χ1n) is 6.05. The molecule has 2 aromatic heterocycles. The van der Waals surface area contributed by atoms with Crippen molar-refractivity contribution in [3.63, 3.8) is 0 Å². The number of aromatic nitrogens is 3. The number of nitrogens with two attached hydrogens (primary N) is 2. The van der Waals surface area contributed by atoms with Crippen LogP contribution in [0, 0.1) is 0 Å². The number of carbonyl (C=O) groups is 1. The van der Waals surface area contributed by atoms with Crippen LogP contribution < -0.4 is 11.5 Å². The van der Waals surface area contributed by atoms with Gasteiger partial charge in [-0.2, -0.15) is 0 Å². The molecule has 7 nitrogen and oxygen atoms in total. The molecule has 0 saturated carbocycles. The minimum Gasteiger partial charge on any atom is -0.506 e. The van der Waals surface area contributed by atoms with Gasteiger partial charge in [0.05, 0.1) is 28.5 Å². The van der Waals surface area contributed by atoms with Gasteiger partial charge in [-0.25, -0.2) is 0 Å². The van der Waals surface area contributed by atoms with Gasteiger partial charge in [-0.05, 0) is 12.1 Å². The topological polar surface area (TPSA) is 128 Å². The van der Waals surface area contributed by atoms with E-state index in [1.165, 1.54) is 36.9 Å². The Balaban J connectivity index is 2.44. The number of primary amides is 1. The van der Waals surface area contributed by atoms with Gasteiger partial charge in [-0.3, -0.25) is 19.7 Å². The van der Waals surface area contributed by atoms with E-state index < -0.39 is 5.91 Å². The van der Waals surface area contributed by atoms with Crippen LogP contribution in [0.3, 0.4) is 0 Å². The number of amides is 1. The molecule has 3 rings (SSSR count). The summed E-state index contributed by atoms with van der Waals surface area (Å²) in [6.45, 7) is 0. The highest BCUT2D eigenvalue weighted by molar-refractivity contribution is 6.09. The first kappa shape index (κ1) is 12.8. The number of fused-ring (bicyclic) bond motifs is 1. The third-order valence-electron chi connectivity index (χ3n) is 3.08.